The molecule has 0 aromatic carbocycles. The molecule has 0 aromatic rings. The monoisotopic (exact) mass is 446 g/mol. The van der Waals surface area contributed by atoms with Crippen LogP contribution in [0.4, 0.5) is 0 Å². The fraction of sp³-hybridized carbons (Fsp3) is 0.840. The molecule has 7 heteroatoms. The van der Waals surface area contributed by atoms with Crippen LogP contribution >= 0.6 is 0 Å². The maximum Gasteiger partial charge on any atom is 0.331 e. The summed E-state index contributed by atoms with van der Waals surface area (Å²) in [4.78, 5) is 23.9. The zero-order valence-corrected chi connectivity index (χ0v) is 19.0. The molecule has 0 aromatic heterocycles. The summed E-state index contributed by atoms with van der Waals surface area (Å²) in [5.41, 5.74) is -1.11. The van der Waals surface area contributed by atoms with Gasteiger partial charge in [0.2, 0.25) is 6.29 Å². The van der Waals surface area contributed by atoms with Crippen LogP contribution in [0, 0.1) is 28.6 Å². The molecular formula is C25H34O7. The van der Waals surface area contributed by atoms with E-state index in [0.29, 0.717) is 38.7 Å². The number of fused-ring (bicyclic) bond motifs is 1. The van der Waals surface area contributed by atoms with Crippen LogP contribution in [0.25, 0.3) is 0 Å². The van der Waals surface area contributed by atoms with Gasteiger partial charge in [0.25, 0.3) is 0 Å². The van der Waals surface area contributed by atoms with Crippen molar-refractivity contribution in [3.05, 3.63) is 11.6 Å². The second kappa shape index (κ2) is 6.57. The first kappa shape index (κ1) is 21.1. The molecule has 2 aliphatic heterocycles. The highest BCUT2D eigenvalue weighted by molar-refractivity contribution is 5.85. The lowest BCUT2D eigenvalue weighted by Crippen LogP contribution is -2.67. The first-order valence-electron chi connectivity index (χ1n) is 12.3. The van der Waals surface area contributed by atoms with Gasteiger partial charge in [-0.25, -0.2) is 4.79 Å². The Labute approximate surface area is 188 Å². The number of carbonyl (C=O) groups is 2. The molecule has 7 nitrogen and oxygen atoms in total. The first-order chi connectivity index (χ1) is 15.1. The molecule has 1 saturated heterocycles. The van der Waals surface area contributed by atoms with E-state index in [9.17, 15) is 19.8 Å². The van der Waals surface area contributed by atoms with Crippen molar-refractivity contribution >= 4 is 11.9 Å². The smallest absolute Gasteiger partial charge is 0.331 e. The van der Waals surface area contributed by atoms with Gasteiger partial charge < -0.3 is 24.4 Å². The number of rotatable bonds is 2. The number of hydrogen-bond donors (Lipinski definition) is 2. The number of cyclic esters (lactones) is 1. The van der Waals surface area contributed by atoms with Gasteiger partial charge in [-0.2, -0.15) is 0 Å². The summed E-state index contributed by atoms with van der Waals surface area (Å²) < 4.78 is 17.9. The van der Waals surface area contributed by atoms with Gasteiger partial charge in [0.1, 0.15) is 6.61 Å². The third-order valence-electron chi connectivity index (χ3n) is 10.5. The zero-order chi connectivity index (χ0) is 22.5. The van der Waals surface area contributed by atoms with E-state index in [0.717, 1.165) is 31.3 Å². The Morgan fingerprint density at radius 3 is 2.66 bits per heavy atom. The summed E-state index contributed by atoms with van der Waals surface area (Å²) in [5, 5.41) is 22.3. The summed E-state index contributed by atoms with van der Waals surface area (Å²) >= 11 is 0. The highest BCUT2D eigenvalue weighted by Crippen LogP contribution is 2.76. The molecule has 1 spiro atoms. The molecule has 32 heavy (non-hydrogen) atoms. The highest BCUT2D eigenvalue weighted by Gasteiger charge is 2.80. The number of carbonyl (C=O) groups excluding carboxylic acids is 2. The Kier molecular flexibility index (Phi) is 4.34. The number of aliphatic hydroxyl groups is 2. The summed E-state index contributed by atoms with van der Waals surface area (Å²) in [7, 11) is 0. The molecule has 4 aliphatic carbocycles. The molecule has 2 bridgehead atoms. The predicted molar refractivity (Wildman–Crippen MR) is 112 cm³/mol. The number of aliphatic hydroxyl groups excluding tert-OH is 1. The van der Waals surface area contributed by atoms with Crippen molar-refractivity contribution in [2.24, 2.45) is 28.6 Å². The maximum atomic E-state index is 12.1. The summed E-state index contributed by atoms with van der Waals surface area (Å²) in [5.74, 6) is 0.0170. The Balaban J connectivity index is 1.43. The van der Waals surface area contributed by atoms with E-state index in [1.165, 1.54) is 6.92 Å². The first-order valence-corrected chi connectivity index (χ1v) is 12.3. The number of esters is 2. The number of ether oxygens (including phenoxy) is 3. The maximum absolute atomic E-state index is 12.1. The van der Waals surface area contributed by atoms with Crippen LogP contribution in [-0.2, 0) is 23.8 Å². The minimum absolute atomic E-state index is 0.0216. The van der Waals surface area contributed by atoms with Crippen LogP contribution < -0.4 is 0 Å². The Morgan fingerprint density at radius 1 is 1.12 bits per heavy atom. The molecule has 0 radical (unpaired) electrons. The van der Waals surface area contributed by atoms with Gasteiger partial charge in [-0.05, 0) is 74.2 Å². The quantitative estimate of drug-likeness (QED) is 0.629. The lowest BCUT2D eigenvalue weighted by molar-refractivity contribution is -0.241. The Hall–Kier alpha value is -1.44. The summed E-state index contributed by atoms with van der Waals surface area (Å²) in [6, 6.07) is 0. The predicted octanol–water partition coefficient (Wildman–Crippen LogP) is 2.63. The summed E-state index contributed by atoms with van der Waals surface area (Å²) in [6.07, 6.45) is 7.02. The van der Waals surface area contributed by atoms with Crippen LogP contribution in [-0.4, -0.2) is 52.4 Å². The average Bonchev–Trinajstić information content (AvgIpc) is 3.35. The molecule has 2 heterocycles. The van der Waals surface area contributed by atoms with E-state index in [1.807, 2.05) is 0 Å². The SMILES string of the molecule is CC(=O)O[C@@H]1O[C@]23CC[C@@]4(O)C[C@@H](O)CC[C@]14[C@@H]2CC[C@]1(C)[C@H](C2=CC(=O)OC2)CC[C@@H]13. The Bertz CT molecular complexity index is 899. The molecule has 0 unspecified atom stereocenters. The van der Waals surface area contributed by atoms with Crippen LogP contribution in [0.5, 0.6) is 0 Å². The lowest BCUT2D eigenvalue weighted by Gasteiger charge is -2.63. The molecule has 6 rings (SSSR count). The van der Waals surface area contributed by atoms with E-state index >= 15 is 0 Å². The van der Waals surface area contributed by atoms with E-state index in [1.54, 1.807) is 6.08 Å². The van der Waals surface area contributed by atoms with Crippen molar-refractivity contribution in [1.82, 2.24) is 0 Å². The van der Waals surface area contributed by atoms with Crippen LogP contribution in [0.3, 0.4) is 0 Å². The van der Waals surface area contributed by atoms with Gasteiger partial charge in [0.15, 0.2) is 0 Å². The fourth-order valence-electron chi connectivity index (χ4n) is 9.43. The third kappa shape index (κ3) is 2.43. The van der Waals surface area contributed by atoms with Crippen molar-refractivity contribution in [3.8, 4) is 0 Å². The second-order valence-corrected chi connectivity index (χ2v) is 11.6. The zero-order valence-electron chi connectivity index (χ0n) is 19.0. The van der Waals surface area contributed by atoms with E-state index in [2.05, 4.69) is 6.92 Å². The number of hydrogen-bond acceptors (Lipinski definition) is 7. The third-order valence-corrected chi connectivity index (χ3v) is 10.5. The standard InChI is InChI=1S/C25H34O7/c1-14(26)31-21-24-8-5-16(27)12-23(24,29)9-10-25(32-21)18-4-3-17(15-11-20(28)30-13-15)22(18,2)7-6-19(24)25/h11,16-19,21,27,29H,3-10,12-13H2,1-2H3/t16-,17-,18-,19-,21+,22+,23+,24-,25-/m0/s1. The second-order valence-electron chi connectivity index (χ2n) is 11.6. The lowest BCUT2D eigenvalue weighted by atomic mass is 9.42. The Morgan fingerprint density at radius 2 is 1.94 bits per heavy atom. The van der Waals surface area contributed by atoms with Gasteiger partial charge >= 0.3 is 11.9 Å². The fourth-order valence-corrected chi connectivity index (χ4v) is 9.43. The molecule has 6 aliphatic rings. The van der Waals surface area contributed by atoms with Crippen molar-refractivity contribution < 1.29 is 34.0 Å². The molecule has 0 amide bonds. The molecular weight excluding hydrogens is 412 g/mol. The van der Waals surface area contributed by atoms with Gasteiger partial charge in [-0.3, -0.25) is 4.79 Å². The minimum Gasteiger partial charge on any atom is -0.458 e. The molecule has 2 N–H and O–H groups in total. The summed E-state index contributed by atoms with van der Waals surface area (Å²) in [6.45, 7) is 4.13. The normalized spacial score (nSPS) is 53.7. The molecule has 5 fully saturated rings. The molecule has 4 saturated carbocycles. The van der Waals surface area contributed by atoms with Crippen molar-refractivity contribution in [1.29, 1.82) is 0 Å². The van der Waals surface area contributed by atoms with Gasteiger partial charge in [0, 0.05) is 25.3 Å². The van der Waals surface area contributed by atoms with E-state index in [-0.39, 0.29) is 29.1 Å². The van der Waals surface area contributed by atoms with Crippen LogP contribution in [0.1, 0.15) is 71.6 Å². The van der Waals surface area contributed by atoms with Gasteiger partial charge in [0.05, 0.1) is 22.7 Å². The van der Waals surface area contributed by atoms with Crippen LogP contribution in [0.15, 0.2) is 11.6 Å². The van der Waals surface area contributed by atoms with Gasteiger partial charge in [-0.15, -0.1) is 0 Å². The van der Waals surface area contributed by atoms with Crippen molar-refractivity contribution in [2.45, 2.75) is 95.2 Å². The average molecular weight is 447 g/mol. The topological polar surface area (TPSA) is 102 Å². The van der Waals surface area contributed by atoms with E-state index in [4.69, 9.17) is 14.2 Å². The minimum atomic E-state index is -1.09. The largest absolute Gasteiger partial charge is 0.458 e. The molecule has 176 valence electrons. The molecule has 9 atom stereocenters. The van der Waals surface area contributed by atoms with Crippen molar-refractivity contribution in [2.75, 3.05) is 6.61 Å². The van der Waals surface area contributed by atoms with E-state index < -0.39 is 35.0 Å². The highest BCUT2D eigenvalue weighted by atomic mass is 16.7. The van der Waals surface area contributed by atoms with Gasteiger partial charge in [-0.1, -0.05) is 6.92 Å². The van der Waals surface area contributed by atoms with Crippen molar-refractivity contribution in [3.63, 3.8) is 0 Å². The van der Waals surface area contributed by atoms with Crippen LogP contribution in [0.2, 0.25) is 0 Å².